The number of hydrogen-bond donors (Lipinski definition) is 0. The van der Waals surface area contributed by atoms with Crippen LogP contribution in [-0.4, -0.2) is 30.8 Å². The number of Topliss-reactive ketones (excluding diaryl/α,β-unsaturated/α-hetero) is 1. The summed E-state index contributed by atoms with van der Waals surface area (Å²) in [6.07, 6.45) is 4.01. The van der Waals surface area contributed by atoms with Crippen molar-refractivity contribution >= 4 is 21.7 Å². The topological polar surface area (TPSA) is 20.3 Å². The fraction of sp³-hybridized carbons (Fsp3) is 0.500. The van der Waals surface area contributed by atoms with E-state index in [4.69, 9.17) is 0 Å². The molecule has 1 fully saturated rings. The summed E-state index contributed by atoms with van der Waals surface area (Å²) in [7, 11) is 2.03. The molecule has 1 aliphatic rings. The van der Waals surface area contributed by atoms with Gasteiger partial charge in [0.1, 0.15) is 0 Å². The van der Waals surface area contributed by atoms with Crippen LogP contribution in [0.25, 0.3) is 0 Å². The van der Waals surface area contributed by atoms with E-state index in [-0.39, 0.29) is 5.78 Å². The molecule has 1 aromatic rings. The first kappa shape index (κ1) is 12.8. The van der Waals surface area contributed by atoms with Gasteiger partial charge in [-0.3, -0.25) is 9.69 Å². The van der Waals surface area contributed by atoms with Crippen LogP contribution in [0.5, 0.6) is 0 Å². The Morgan fingerprint density at radius 3 is 2.71 bits per heavy atom. The first-order valence-corrected chi connectivity index (χ1v) is 6.92. The van der Waals surface area contributed by atoms with Crippen LogP contribution in [0.15, 0.2) is 28.7 Å². The lowest BCUT2D eigenvalue weighted by Gasteiger charge is -2.29. The normalized spacial score (nSPS) is 15.9. The number of likely N-dealkylation sites (N-methyl/N-ethyl adjacent to an activating group) is 1. The molecule has 0 bridgehead atoms. The van der Waals surface area contributed by atoms with Gasteiger partial charge in [-0.2, -0.15) is 0 Å². The Bertz CT molecular complexity index is 401. The van der Waals surface area contributed by atoms with Crippen LogP contribution in [0, 0.1) is 5.92 Å². The van der Waals surface area contributed by atoms with Gasteiger partial charge in [-0.1, -0.05) is 40.5 Å². The number of halogens is 1. The van der Waals surface area contributed by atoms with Crippen molar-refractivity contribution in [1.82, 2.24) is 4.90 Å². The van der Waals surface area contributed by atoms with Crippen molar-refractivity contribution in [3.63, 3.8) is 0 Å². The lowest BCUT2D eigenvalue weighted by Crippen LogP contribution is -2.33. The van der Waals surface area contributed by atoms with Gasteiger partial charge in [0.15, 0.2) is 5.78 Å². The van der Waals surface area contributed by atoms with E-state index in [0.29, 0.717) is 6.54 Å². The molecule has 0 aliphatic heterocycles. The molecule has 1 saturated carbocycles. The van der Waals surface area contributed by atoms with E-state index in [0.717, 1.165) is 22.5 Å². The van der Waals surface area contributed by atoms with E-state index in [2.05, 4.69) is 20.8 Å². The average Bonchev–Trinajstić information content (AvgIpc) is 2.24. The van der Waals surface area contributed by atoms with Gasteiger partial charge in [0.2, 0.25) is 0 Å². The predicted molar refractivity (Wildman–Crippen MR) is 73.3 cm³/mol. The molecule has 2 rings (SSSR count). The molecule has 0 unspecified atom stereocenters. The number of benzene rings is 1. The number of nitrogens with zero attached hydrogens (tertiary/aromatic N) is 1. The molecule has 0 heterocycles. The van der Waals surface area contributed by atoms with E-state index in [1.165, 1.54) is 19.3 Å². The van der Waals surface area contributed by atoms with Crippen LogP contribution in [-0.2, 0) is 0 Å². The summed E-state index contributed by atoms with van der Waals surface area (Å²) >= 11 is 3.42. The highest BCUT2D eigenvalue weighted by Crippen LogP contribution is 2.26. The summed E-state index contributed by atoms with van der Waals surface area (Å²) < 4.78 is 0.891. The molecule has 1 aromatic carbocycles. The smallest absolute Gasteiger partial charge is 0.177 e. The summed E-state index contributed by atoms with van der Waals surface area (Å²) in [6, 6.07) is 7.63. The molecule has 3 heteroatoms. The fourth-order valence-corrected chi connectivity index (χ4v) is 2.70. The molecule has 1 aliphatic carbocycles. The third-order valence-corrected chi connectivity index (χ3v) is 4.07. The Labute approximate surface area is 111 Å². The van der Waals surface area contributed by atoms with E-state index < -0.39 is 0 Å². The Kier molecular flexibility index (Phi) is 4.35. The van der Waals surface area contributed by atoms with E-state index in [1.54, 1.807) is 0 Å². The average molecular weight is 296 g/mol. The molecule has 0 aromatic heterocycles. The molecule has 0 saturated heterocycles. The molecule has 17 heavy (non-hydrogen) atoms. The lowest BCUT2D eigenvalue weighted by atomic mass is 9.85. The van der Waals surface area contributed by atoms with Gasteiger partial charge in [-0.25, -0.2) is 0 Å². The second kappa shape index (κ2) is 5.78. The minimum Gasteiger partial charge on any atom is -0.299 e. The monoisotopic (exact) mass is 295 g/mol. The molecule has 92 valence electrons. The first-order valence-electron chi connectivity index (χ1n) is 6.13. The van der Waals surface area contributed by atoms with Gasteiger partial charge < -0.3 is 0 Å². The summed E-state index contributed by atoms with van der Waals surface area (Å²) in [5.41, 5.74) is 0.785. The predicted octanol–water partition coefficient (Wildman–Crippen LogP) is 3.36. The van der Waals surface area contributed by atoms with Gasteiger partial charge in [0.05, 0.1) is 6.54 Å². The molecule has 0 spiro atoms. The highest BCUT2D eigenvalue weighted by Gasteiger charge is 2.20. The largest absolute Gasteiger partial charge is 0.299 e. The van der Waals surface area contributed by atoms with E-state index in [9.17, 15) is 4.79 Å². The maximum Gasteiger partial charge on any atom is 0.177 e. The molecular weight excluding hydrogens is 278 g/mol. The Morgan fingerprint density at radius 1 is 1.41 bits per heavy atom. The molecular formula is C14H18BrNO. The SMILES string of the molecule is CN(CC(=O)c1ccccc1Br)CC1CCC1. The standard InChI is InChI=1S/C14H18BrNO/c1-16(9-11-5-4-6-11)10-14(17)12-7-2-3-8-13(12)15/h2-3,7-8,11H,4-6,9-10H2,1H3. The van der Waals surface area contributed by atoms with Crippen molar-refractivity contribution in [3.05, 3.63) is 34.3 Å². The number of rotatable bonds is 5. The van der Waals surface area contributed by atoms with Crippen molar-refractivity contribution in [1.29, 1.82) is 0 Å². The molecule has 0 amide bonds. The molecule has 0 atom stereocenters. The maximum atomic E-state index is 12.1. The van der Waals surface area contributed by atoms with Gasteiger partial charge in [-0.15, -0.1) is 0 Å². The van der Waals surface area contributed by atoms with Crippen molar-refractivity contribution in [2.24, 2.45) is 5.92 Å². The van der Waals surface area contributed by atoms with Gasteiger partial charge in [0.25, 0.3) is 0 Å². The number of carbonyl (C=O) groups excluding carboxylic acids is 1. The highest BCUT2D eigenvalue weighted by atomic mass is 79.9. The quantitative estimate of drug-likeness (QED) is 0.777. The number of hydrogen-bond acceptors (Lipinski definition) is 2. The van der Waals surface area contributed by atoms with Crippen molar-refractivity contribution in [2.45, 2.75) is 19.3 Å². The number of ketones is 1. The first-order chi connectivity index (χ1) is 8.16. The Morgan fingerprint density at radius 2 is 2.12 bits per heavy atom. The summed E-state index contributed by atoms with van der Waals surface area (Å²) in [5.74, 6) is 1.01. The van der Waals surface area contributed by atoms with Crippen LogP contribution in [0.1, 0.15) is 29.6 Å². The second-order valence-corrected chi connectivity index (χ2v) is 5.75. The zero-order valence-corrected chi connectivity index (χ0v) is 11.7. The maximum absolute atomic E-state index is 12.1. The van der Waals surface area contributed by atoms with Crippen LogP contribution in [0.4, 0.5) is 0 Å². The third-order valence-electron chi connectivity index (χ3n) is 3.38. The van der Waals surface area contributed by atoms with Crippen LogP contribution >= 0.6 is 15.9 Å². The zero-order chi connectivity index (χ0) is 12.3. The van der Waals surface area contributed by atoms with Gasteiger partial charge in [0, 0.05) is 16.6 Å². The number of carbonyl (C=O) groups is 1. The minimum absolute atomic E-state index is 0.194. The van der Waals surface area contributed by atoms with Crippen molar-refractivity contribution < 1.29 is 4.79 Å². The molecule has 0 radical (unpaired) electrons. The van der Waals surface area contributed by atoms with E-state index in [1.807, 2.05) is 31.3 Å². The van der Waals surface area contributed by atoms with Crippen molar-refractivity contribution in [3.8, 4) is 0 Å². The van der Waals surface area contributed by atoms with Crippen molar-refractivity contribution in [2.75, 3.05) is 20.1 Å². The second-order valence-electron chi connectivity index (χ2n) is 4.90. The summed E-state index contributed by atoms with van der Waals surface area (Å²) in [6.45, 7) is 1.56. The van der Waals surface area contributed by atoms with Gasteiger partial charge >= 0.3 is 0 Å². The summed E-state index contributed by atoms with van der Waals surface area (Å²) in [5, 5.41) is 0. The molecule has 2 nitrogen and oxygen atoms in total. The fourth-order valence-electron chi connectivity index (χ4n) is 2.20. The van der Waals surface area contributed by atoms with Crippen LogP contribution in [0.3, 0.4) is 0 Å². The lowest BCUT2D eigenvalue weighted by molar-refractivity contribution is 0.0924. The molecule has 0 N–H and O–H groups in total. The van der Waals surface area contributed by atoms with Crippen LogP contribution in [0.2, 0.25) is 0 Å². The Balaban J connectivity index is 1.89. The van der Waals surface area contributed by atoms with Crippen LogP contribution < -0.4 is 0 Å². The minimum atomic E-state index is 0.194. The zero-order valence-electron chi connectivity index (χ0n) is 10.2. The third kappa shape index (κ3) is 3.39. The Hall–Kier alpha value is -0.670. The summed E-state index contributed by atoms with van der Waals surface area (Å²) in [4.78, 5) is 14.2. The highest BCUT2D eigenvalue weighted by molar-refractivity contribution is 9.10. The van der Waals surface area contributed by atoms with Gasteiger partial charge in [-0.05, 0) is 31.9 Å². The van der Waals surface area contributed by atoms with E-state index >= 15 is 0 Å².